The van der Waals surface area contributed by atoms with Gasteiger partial charge in [-0.05, 0) is 25.1 Å². The van der Waals surface area contributed by atoms with Gasteiger partial charge in [0, 0.05) is 5.56 Å². The van der Waals surface area contributed by atoms with Crippen molar-refractivity contribution in [1.29, 1.82) is 5.26 Å². The fourth-order valence-corrected chi connectivity index (χ4v) is 1.38. The van der Waals surface area contributed by atoms with Gasteiger partial charge in [0.05, 0.1) is 11.3 Å². The zero-order valence-electron chi connectivity index (χ0n) is 8.58. The normalized spacial score (nSPS) is 9.75. The van der Waals surface area contributed by atoms with E-state index in [-0.39, 0.29) is 5.78 Å². The van der Waals surface area contributed by atoms with Gasteiger partial charge in [0.1, 0.15) is 18.7 Å². The molecule has 1 aromatic carbocycles. The lowest BCUT2D eigenvalue weighted by molar-refractivity contribution is 0.101. The molecule has 0 saturated heterocycles. The number of rotatable bonds is 2. The second-order valence-electron chi connectivity index (χ2n) is 3.24. The van der Waals surface area contributed by atoms with Crippen LogP contribution in [0, 0.1) is 11.3 Å². The van der Waals surface area contributed by atoms with E-state index in [1.807, 2.05) is 6.07 Å². The summed E-state index contributed by atoms with van der Waals surface area (Å²) >= 11 is 0. The number of Topliss-reactive ketones (excluding diaryl/α,β-unsaturated/α-hetero) is 1. The first-order valence-electron chi connectivity index (χ1n) is 4.62. The molecule has 0 aliphatic rings. The summed E-state index contributed by atoms with van der Waals surface area (Å²) in [6, 6.07) is 6.94. The van der Waals surface area contributed by atoms with E-state index in [1.54, 1.807) is 18.2 Å². The van der Waals surface area contributed by atoms with E-state index in [0.717, 1.165) is 0 Å². The summed E-state index contributed by atoms with van der Waals surface area (Å²) in [7, 11) is 0. The van der Waals surface area contributed by atoms with E-state index in [2.05, 4.69) is 10.1 Å². The molecule has 16 heavy (non-hydrogen) atoms. The molecule has 1 heterocycles. The maximum absolute atomic E-state index is 11.2. The van der Waals surface area contributed by atoms with Crippen LogP contribution in [0.15, 0.2) is 30.9 Å². The predicted octanol–water partition coefficient (Wildman–Crippen LogP) is 1.34. The molecule has 0 saturated carbocycles. The zero-order chi connectivity index (χ0) is 11.5. The first kappa shape index (κ1) is 10.1. The Kier molecular flexibility index (Phi) is 2.48. The minimum Gasteiger partial charge on any atom is -0.295 e. The maximum Gasteiger partial charge on any atom is 0.159 e. The molecular formula is C11H8N4O. The van der Waals surface area contributed by atoms with Crippen molar-refractivity contribution in [2.24, 2.45) is 0 Å². The van der Waals surface area contributed by atoms with Gasteiger partial charge in [-0.1, -0.05) is 0 Å². The number of carbonyl (C=O) groups is 1. The number of hydrogen-bond acceptors (Lipinski definition) is 4. The molecule has 2 rings (SSSR count). The summed E-state index contributed by atoms with van der Waals surface area (Å²) in [5, 5.41) is 12.9. The van der Waals surface area contributed by atoms with Crippen molar-refractivity contribution in [3.63, 3.8) is 0 Å². The number of nitriles is 1. The smallest absolute Gasteiger partial charge is 0.159 e. The van der Waals surface area contributed by atoms with Crippen LogP contribution in [0.25, 0.3) is 5.69 Å². The topological polar surface area (TPSA) is 71.6 Å². The van der Waals surface area contributed by atoms with Crippen LogP contribution in [0.4, 0.5) is 0 Å². The van der Waals surface area contributed by atoms with E-state index >= 15 is 0 Å². The van der Waals surface area contributed by atoms with Gasteiger partial charge in [-0.2, -0.15) is 10.4 Å². The molecule has 0 fully saturated rings. The third-order valence-corrected chi connectivity index (χ3v) is 2.19. The maximum atomic E-state index is 11.2. The Hall–Kier alpha value is -2.48. The molecule has 0 radical (unpaired) electrons. The molecular weight excluding hydrogens is 204 g/mol. The van der Waals surface area contributed by atoms with Crippen LogP contribution in [0.5, 0.6) is 0 Å². The molecule has 1 aromatic heterocycles. The first-order valence-corrected chi connectivity index (χ1v) is 4.62. The Balaban J connectivity index is 2.57. The zero-order valence-corrected chi connectivity index (χ0v) is 8.58. The molecule has 5 nitrogen and oxygen atoms in total. The van der Waals surface area contributed by atoms with Crippen molar-refractivity contribution in [2.45, 2.75) is 6.92 Å². The molecule has 0 bridgehead atoms. The highest BCUT2D eigenvalue weighted by Crippen LogP contribution is 2.15. The second kappa shape index (κ2) is 3.95. The van der Waals surface area contributed by atoms with Gasteiger partial charge < -0.3 is 0 Å². The lowest BCUT2D eigenvalue weighted by Crippen LogP contribution is -2.00. The van der Waals surface area contributed by atoms with E-state index in [0.29, 0.717) is 16.8 Å². The molecule has 2 aromatic rings. The highest BCUT2D eigenvalue weighted by molar-refractivity contribution is 5.94. The predicted molar refractivity (Wildman–Crippen MR) is 56.1 cm³/mol. The summed E-state index contributed by atoms with van der Waals surface area (Å²) in [4.78, 5) is 15.0. The molecule has 0 aliphatic carbocycles. The van der Waals surface area contributed by atoms with Crippen LogP contribution in [0.1, 0.15) is 22.8 Å². The van der Waals surface area contributed by atoms with Gasteiger partial charge in [-0.15, -0.1) is 0 Å². The van der Waals surface area contributed by atoms with Gasteiger partial charge in [-0.3, -0.25) is 4.79 Å². The first-order chi connectivity index (χ1) is 7.72. The Labute approximate surface area is 92.0 Å². The quantitative estimate of drug-likeness (QED) is 0.704. The fraction of sp³-hybridized carbons (Fsp3) is 0.0909. The lowest BCUT2D eigenvalue weighted by atomic mass is 10.1. The highest BCUT2D eigenvalue weighted by atomic mass is 16.1. The largest absolute Gasteiger partial charge is 0.295 e. The van der Waals surface area contributed by atoms with Gasteiger partial charge in [0.2, 0.25) is 0 Å². The van der Waals surface area contributed by atoms with Gasteiger partial charge in [-0.25, -0.2) is 9.67 Å². The molecule has 78 valence electrons. The average Bonchev–Trinajstić information content (AvgIpc) is 2.81. The van der Waals surface area contributed by atoms with Crippen molar-refractivity contribution in [2.75, 3.05) is 0 Å². The van der Waals surface area contributed by atoms with Gasteiger partial charge in [0.15, 0.2) is 5.78 Å². The van der Waals surface area contributed by atoms with Crippen LogP contribution in [0.2, 0.25) is 0 Å². The number of hydrogen-bond donors (Lipinski definition) is 0. The summed E-state index contributed by atoms with van der Waals surface area (Å²) in [6.45, 7) is 1.46. The standard InChI is InChI=1S/C11H8N4O/c1-8(16)9-2-3-11(10(4-9)5-12)15-7-13-6-14-15/h2-4,6-7H,1H3. The lowest BCUT2D eigenvalue weighted by Gasteiger charge is -2.04. The van der Waals surface area contributed by atoms with Gasteiger partial charge in [0.25, 0.3) is 0 Å². The number of aromatic nitrogens is 3. The van der Waals surface area contributed by atoms with E-state index in [1.165, 1.54) is 24.3 Å². The Morgan fingerprint density at radius 1 is 1.50 bits per heavy atom. The highest BCUT2D eigenvalue weighted by Gasteiger charge is 2.08. The number of nitrogens with zero attached hydrogens (tertiary/aromatic N) is 4. The third-order valence-electron chi connectivity index (χ3n) is 2.19. The van der Waals surface area contributed by atoms with Crippen LogP contribution in [-0.4, -0.2) is 20.5 Å². The summed E-state index contributed by atoms with van der Waals surface area (Å²) < 4.78 is 1.49. The van der Waals surface area contributed by atoms with Crippen molar-refractivity contribution < 1.29 is 4.79 Å². The molecule has 0 aliphatic heterocycles. The van der Waals surface area contributed by atoms with Crippen molar-refractivity contribution in [3.8, 4) is 11.8 Å². The number of ketones is 1. The van der Waals surface area contributed by atoms with Crippen LogP contribution in [0.3, 0.4) is 0 Å². The molecule has 0 unspecified atom stereocenters. The summed E-state index contributed by atoms with van der Waals surface area (Å²) in [5.74, 6) is -0.0679. The average molecular weight is 212 g/mol. The van der Waals surface area contributed by atoms with E-state index in [9.17, 15) is 4.79 Å². The Bertz CT molecular complexity index is 566. The van der Waals surface area contributed by atoms with E-state index in [4.69, 9.17) is 5.26 Å². The van der Waals surface area contributed by atoms with Gasteiger partial charge >= 0.3 is 0 Å². The Morgan fingerprint density at radius 2 is 2.31 bits per heavy atom. The van der Waals surface area contributed by atoms with Crippen molar-refractivity contribution in [1.82, 2.24) is 14.8 Å². The van der Waals surface area contributed by atoms with Crippen LogP contribution >= 0.6 is 0 Å². The molecule has 0 amide bonds. The monoisotopic (exact) mass is 212 g/mol. The summed E-state index contributed by atoms with van der Waals surface area (Å²) in [5.41, 5.74) is 1.53. The molecule has 0 N–H and O–H groups in total. The number of benzene rings is 1. The second-order valence-corrected chi connectivity index (χ2v) is 3.24. The SMILES string of the molecule is CC(=O)c1ccc(-n2cncn2)c(C#N)c1. The Morgan fingerprint density at radius 3 is 2.88 bits per heavy atom. The molecule has 0 spiro atoms. The summed E-state index contributed by atoms with van der Waals surface area (Å²) in [6.07, 6.45) is 2.89. The van der Waals surface area contributed by atoms with Crippen molar-refractivity contribution in [3.05, 3.63) is 42.0 Å². The molecule has 5 heteroatoms. The van der Waals surface area contributed by atoms with Crippen LogP contribution in [-0.2, 0) is 0 Å². The van der Waals surface area contributed by atoms with E-state index < -0.39 is 0 Å². The number of carbonyl (C=O) groups excluding carboxylic acids is 1. The minimum atomic E-state index is -0.0679. The van der Waals surface area contributed by atoms with Crippen molar-refractivity contribution >= 4 is 5.78 Å². The molecule has 0 atom stereocenters. The minimum absolute atomic E-state index is 0.0679. The third kappa shape index (κ3) is 1.68. The fourth-order valence-electron chi connectivity index (χ4n) is 1.38. The van der Waals surface area contributed by atoms with Crippen LogP contribution < -0.4 is 0 Å².